The number of carbonyl (C=O) groups is 4. The highest BCUT2D eigenvalue weighted by molar-refractivity contribution is 6.29. The number of aromatic nitrogens is 5. The number of rotatable bonds is 8. The second-order valence-corrected chi connectivity index (χ2v) is 10.6. The predicted octanol–water partition coefficient (Wildman–Crippen LogP) is 2.42. The molecule has 1 saturated heterocycles. The largest absolute Gasteiger partial charge is 0.364 e. The molecular weight excluding hydrogens is 548 g/mol. The van der Waals surface area contributed by atoms with E-state index in [-0.39, 0.29) is 59.1 Å². The molecule has 2 bridgehead atoms. The molecule has 12 nitrogen and oxygen atoms in total. The van der Waals surface area contributed by atoms with E-state index >= 15 is 0 Å². The number of ketones is 1. The molecule has 1 aromatic carbocycles. The van der Waals surface area contributed by atoms with Gasteiger partial charge in [-0.2, -0.15) is 5.10 Å². The topological polar surface area (TPSA) is 166 Å². The van der Waals surface area contributed by atoms with Crippen LogP contribution in [0.2, 0.25) is 5.15 Å². The number of benzene rings is 1. The lowest BCUT2D eigenvalue weighted by Gasteiger charge is -2.34. The summed E-state index contributed by atoms with van der Waals surface area (Å²) < 4.78 is 1.42. The average molecular weight is 573 g/mol. The first-order chi connectivity index (χ1) is 19.8. The van der Waals surface area contributed by atoms with Crippen molar-refractivity contribution in [2.75, 3.05) is 5.32 Å². The molecule has 0 radical (unpaired) electrons. The van der Waals surface area contributed by atoms with E-state index in [1.165, 1.54) is 23.3 Å². The number of halogens is 1. The number of pyridine rings is 1. The van der Waals surface area contributed by atoms with Gasteiger partial charge < -0.3 is 16.0 Å². The SMILES string of the molecule is NC(=O)c1nn(CC(=O)N2[C@@H]3CC[C@@H](C3)[C@H]2C(=O)Nc2cccc(Cl)n2)c2ccc(CC(=O)c3ccncn3)cc12. The Morgan fingerprint density at radius 1 is 1.10 bits per heavy atom. The second kappa shape index (κ2) is 10.7. The summed E-state index contributed by atoms with van der Waals surface area (Å²) in [6.45, 7) is -0.189. The number of hydrogen-bond acceptors (Lipinski definition) is 8. The summed E-state index contributed by atoms with van der Waals surface area (Å²) in [6.07, 6.45) is 5.24. The van der Waals surface area contributed by atoms with Gasteiger partial charge in [-0.15, -0.1) is 0 Å². The van der Waals surface area contributed by atoms with E-state index in [2.05, 4.69) is 25.4 Å². The summed E-state index contributed by atoms with van der Waals surface area (Å²) in [7, 11) is 0. The number of hydrogen-bond donors (Lipinski definition) is 2. The number of primary amides is 1. The molecule has 13 heteroatoms. The van der Waals surface area contributed by atoms with Crippen molar-refractivity contribution in [2.24, 2.45) is 11.7 Å². The Labute approximate surface area is 238 Å². The van der Waals surface area contributed by atoms with Crippen LogP contribution in [0.5, 0.6) is 0 Å². The van der Waals surface area contributed by atoms with Gasteiger partial charge in [0.05, 0.1) is 5.52 Å². The van der Waals surface area contributed by atoms with Crippen molar-refractivity contribution in [3.63, 3.8) is 0 Å². The maximum atomic E-state index is 13.7. The van der Waals surface area contributed by atoms with Gasteiger partial charge >= 0.3 is 0 Å². The van der Waals surface area contributed by atoms with Crippen LogP contribution in [-0.2, 0) is 22.6 Å². The number of fused-ring (bicyclic) bond motifs is 3. The highest BCUT2D eigenvalue weighted by Crippen LogP contribution is 2.43. The van der Waals surface area contributed by atoms with Crippen LogP contribution >= 0.6 is 11.6 Å². The molecule has 4 aromatic rings. The third-order valence-corrected chi connectivity index (χ3v) is 7.88. The lowest BCUT2D eigenvalue weighted by Crippen LogP contribution is -2.52. The van der Waals surface area contributed by atoms with Crippen molar-refractivity contribution in [2.45, 2.75) is 44.3 Å². The summed E-state index contributed by atoms with van der Waals surface area (Å²) in [5, 5.41) is 7.83. The zero-order chi connectivity index (χ0) is 28.7. The van der Waals surface area contributed by atoms with E-state index in [1.54, 1.807) is 41.3 Å². The number of amides is 3. The molecule has 1 saturated carbocycles. The number of nitrogens with one attached hydrogen (secondary N) is 1. The molecule has 4 heterocycles. The van der Waals surface area contributed by atoms with Gasteiger partial charge in [-0.3, -0.25) is 23.9 Å². The van der Waals surface area contributed by atoms with Gasteiger partial charge in [0.2, 0.25) is 11.8 Å². The molecule has 0 unspecified atom stereocenters. The van der Waals surface area contributed by atoms with Crippen molar-refractivity contribution < 1.29 is 19.2 Å². The Morgan fingerprint density at radius 2 is 1.95 bits per heavy atom. The monoisotopic (exact) mass is 572 g/mol. The highest BCUT2D eigenvalue weighted by Gasteiger charge is 2.51. The van der Waals surface area contributed by atoms with E-state index in [0.717, 1.165) is 19.3 Å². The fourth-order valence-electron chi connectivity index (χ4n) is 5.94. The average Bonchev–Trinajstić information content (AvgIpc) is 3.67. The van der Waals surface area contributed by atoms with Crippen LogP contribution in [0.4, 0.5) is 5.82 Å². The summed E-state index contributed by atoms with van der Waals surface area (Å²) in [5.41, 5.74) is 7.04. The van der Waals surface area contributed by atoms with E-state index in [1.807, 2.05) is 0 Å². The Balaban J connectivity index is 1.25. The van der Waals surface area contributed by atoms with Gasteiger partial charge in [0.15, 0.2) is 11.5 Å². The minimum atomic E-state index is -0.757. The highest BCUT2D eigenvalue weighted by atomic mass is 35.5. The molecule has 1 aliphatic heterocycles. The molecule has 3 atom stereocenters. The van der Waals surface area contributed by atoms with Crippen molar-refractivity contribution in [3.05, 3.63) is 77.1 Å². The third kappa shape index (κ3) is 5.13. The van der Waals surface area contributed by atoms with Gasteiger partial charge in [-0.25, -0.2) is 15.0 Å². The van der Waals surface area contributed by atoms with Gasteiger partial charge in [0.1, 0.15) is 35.6 Å². The number of nitrogens with zero attached hydrogens (tertiary/aromatic N) is 6. The van der Waals surface area contributed by atoms with Crippen molar-refractivity contribution in [3.8, 4) is 0 Å². The van der Waals surface area contributed by atoms with Crippen LogP contribution in [0, 0.1) is 5.92 Å². The Kier molecular flexibility index (Phi) is 6.91. The maximum Gasteiger partial charge on any atom is 0.269 e. The van der Waals surface area contributed by atoms with E-state index in [0.29, 0.717) is 22.3 Å². The molecule has 6 rings (SSSR count). The molecule has 3 N–H and O–H groups in total. The van der Waals surface area contributed by atoms with Crippen LogP contribution < -0.4 is 11.1 Å². The first-order valence-electron chi connectivity index (χ1n) is 13.1. The van der Waals surface area contributed by atoms with Crippen LogP contribution in [-0.4, -0.2) is 65.2 Å². The minimum absolute atomic E-state index is 0.00611. The fraction of sp³-hybridized carbons (Fsp3) is 0.286. The molecule has 0 spiro atoms. The number of likely N-dealkylation sites (tertiary alicyclic amines) is 1. The van der Waals surface area contributed by atoms with E-state index in [4.69, 9.17) is 17.3 Å². The molecule has 2 fully saturated rings. The molecule has 41 heavy (non-hydrogen) atoms. The number of Topliss-reactive ketones (excluding diaryl/α,β-unsaturated/α-hetero) is 1. The number of anilines is 1. The van der Waals surface area contributed by atoms with Gasteiger partial charge in [-0.05, 0) is 61.1 Å². The summed E-state index contributed by atoms with van der Waals surface area (Å²) >= 11 is 5.96. The second-order valence-electron chi connectivity index (χ2n) is 10.2. The Bertz CT molecular complexity index is 1690. The van der Waals surface area contributed by atoms with E-state index < -0.39 is 11.9 Å². The Hall–Kier alpha value is -4.71. The third-order valence-electron chi connectivity index (χ3n) is 7.67. The number of nitrogens with two attached hydrogens (primary N) is 1. The standard InChI is InChI=1S/C28H25ClN8O4/c29-22-2-1-3-23(33-22)34-28(41)26-16-5-6-17(12-16)37(26)24(39)13-36-20-7-4-15(10-18(20)25(35-36)27(30)40)11-21(38)19-8-9-31-14-32-19/h1-4,7-10,14,16-17,26H,5-6,11-13H2,(H2,30,40)(H,33,34,41)/t16-,17+,26-/m0/s1. The van der Waals surface area contributed by atoms with Gasteiger partial charge in [0, 0.05) is 24.0 Å². The molecule has 3 amide bonds. The zero-order valence-electron chi connectivity index (χ0n) is 21.7. The van der Waals surface area contributed by atoms with Crippen LogP contribution in [0.25, 0.3) is 10.9 Å². The van der Waals surface area contributed by atoms with Crippen molar-refractivity contribution in [1.29, 1.82) is 0 Å². The summed E-state index contributed by atoms with van der Waals surface area (Å²) in [5.74, 6) is -1.23. The lowest BCUT2D eigenvalue weighted by molar-refractivity contribution is -0.141. The zero-order valence-corrected chi connectivity index (χ0v) is 22.5. The first-order valence-corrected chi connectivity index (χ1v) is 13.5. The molecule has 3 aromatic heterocycles. The molecule has 1 aliphatic carbocycles. The van der Waals surface area contributed by atoms with Crippen LogP contribution in [0.3, 0.4) is 0 Å². The summed E-state index contributed by atoms with van der Waals surface area (Å²) in [6, 6.07) is 10.9. The van der Waals surface area contributed by atoms with Crippen molar-refractivity contribution in [1.82, 2.24) is 29.6 Å². The van der Waals surface area contributed by atoms with E-state index in [9.17, 15) is 19.2 Å². The normalized spacial score (nSPS) is 19.4. The van der Waals surface area contributed by atoms with Gasteiger partial charge in [-0.1, -0.05) is 23.7 Å². The quantitative estimate of drug-likeness (QED) is 0.240. The fourth-order valence-corrected chi connectivity index (χ4v) is 6.11. The molecule has 208 valence electrons. The molecule has 2 aliphatic rings. The van der Waals surface area contributed by atoms with Crippen LogP contribution in [0.1, 0.15) is 45.8 Å². The predicted molar refractivity (Wildman–Crippen MR) is 148 cm³/mol. The van der Waals surface area contributed by atoms with Crippen LogP contribution in [0.15, 0.2) is 55.0 Å². The molecular formula is C28H25ClN8O4. The maximum absolute atomic E-state index is 13.7. The lowest BCUT2D eigenvalue weighted by atomic mass is 9.97. The van der Waals surface area contributed by atoms with Gasteiger partial charge in [0.25, 0.3) is 5.91 Å². The summed E-state index contributed by atoms with van der Waals surface area (Å²) in [4.78, 5) is 65.5. The number of piperidine rings is 1. The smallest absolute Gasteiger partial charge is 0.269 e. The Morgan fingerprint density at radius 3 is 2.71 bits per heavy atom. The number of carbonyl (C=O) groups excluding carboxylic acids is 4. The first kappa shape index (κ1) is 26.5. The minimum Gasteiger partial charge on any atom is -0.364 e. The van der Waals surface area contributed by atoms with Crippen molar-refractivity contribution >= 4 is 51.8 Å².